The van der Waals surface area contributed by atoms with Crippen LogP contribution in [0.25, 0.3) is 0 Å². The Morgan fingerprint density at radius 2 is 2.16 bits per heavy atom. The molecule has 1 aromatic heterocycles. The number of aliphatic hydroxyl groups is 2. The van der Waals surface area contributed by atoms with Gasteiger partial charge in [0.15, 0.2) is 6.23 Å². The third-order valence-electron chi connectivity index (χ3n) is 2.74. The molecule has 0 spiro atoms. The largest absolute Gasteiger partial charge is 0.387 e. The van der Waals surface area contributed by atoms with Gasteiger partial charge in [-0.05, 0) is 0 Å². The van der Waals surface area contributed by atoms with Crippen LogP contribution in [-0.4, -0.2) is 44.7 Å². The molecule has 0 saturated carbocycles. The van der Waals surface area contributed by atoms with Gasteiger partial charge in [0.25, 0.3) is 5.56 Å². The van der Waals surface area contributed by atoms with Gasteiger partial charge in [-0.15, -0.1) is 0 Å². The van der Waals surface area contributed by atoms with E-state index in [1.54, 1.807) is 0 Å². The molecular formula is C9H11BrN2O7. The molecule has 0 radical (unpaired) electrons. The van der Waals surface area contributed by atoms with E-state index in [2.05, 4.69) is 25.1 Å². The molecule has 0 unspecified atom stereocenters. The number of rotatable bonds is 4. The van der Waals surface area contributed by atoms with Crippen molar-refractivity contribution >= 4 is 16.3 Å². The van der Waals surface area contributed by atoms with Gasteiger partial charge in [0.05, 0.1) is 0 Å². The molecule has 0 aliphatic carbocycles. The third-order valence-corrected chi connectivity index (χ3v) is 2.93. The predicted molar refractivity (Wildman–Crippen MR) is 63.2 cm³/mol. The molecule has 1 fully saturated rings. The lowest BCUT2D eigenvalue weighted by Gasteiger charge is -2.16. The maximum Gasteiger partial charge on any atom is 0.330 e. The Hall–Kier alpha value is -1.04. The maximum atomic E-state index is 11.6. The number of hydrogen-bond acceptors (Lipinski definition) is 7. The van der Waals surface area contributed by atoms with Crippen LogP contribution < -0.4 is 11.2 Å². The second-order valence-corrected chi connectivity index (χ2v) is 4.18. The lowest BCUT2D eigenvalue weighted by atomic mass is 10.1. The van der Waals surface area contributed by atoms with Crippen LogP contribution in [-0.2, 0) is 13.6 Å². The summed E-state index contributed by atoms with van der Waals surface area (Å²) in [6.45, 7) is -0.155. The van der Waals surface area contributed by atoms with E-state index >= 15 is 0 Å². The maximum absolute atomic E-state index is 11.6. The van der Waals surface area contributed by atoms with Crippen molar-refractivity contribution in [3.63, 3.8) is 0 Å². The quantitative estimate of drug-likeness (QED) is 0.447. The van der Waals surface area contributed by atoms with E-state index in [0.717, 1.165) is 10.6 Å². The molecule has 1 aliphatic rings. The van der Waals surface area contributed by atoms with Gasteiger partial charge in [0.2, 0.25) is 0 Å². The molecule has 1 aromatic rings. The highest BCUT2D eigenvalue weighted by molar-refractivity contribution is 9.05. The van der Waals surface area contributed by atoms with Gasteiger partial charge in [0, 0.05) is 12.3 Å². The van der Waals surface area contributed by atoms with Crippen LogP contribution in [0.2, 0.25) is 0 Å². The molecule has 0 amide bonds. The Labute approximate surface area is 114 Å². The van der Waals surface area contributed by atoms with E-state index in [1.165, 1.54) is 6.20 Å². The monoisotopic (exact) mass is 338 g/mol. The van der Waals surface area contributed by atoms with Crippen molar-refractivity contribution in [1.29, 1.82) is 0 Å². The zero-order chi connectivity index (χ0) is 14.0. The summed E-state index contributed by atoms with van der Waals surface area (Å²) in [7, 11) is 0. The lowest BCUT2D eigenvalue weighted by Crippen LogP contribution is -2.37. The molecule has 0 bridgehead atoms. The molecule has 9 nitrogen and oxygen atoms in total. The fourth-order valence-electron chi connectivity index (χ4n) is 1.82. The highest BCUT2D eigenvalue weighted by Crippen LogP contribution is 2.28. The average molecular weight is 339 g/mol. The summed E-state index contributed by atoms with van der Waals surface area (Å²) in [6.07, 6.45) is -3.43. The van der Waals surface area contributed by atoms with Gasteiger partial charge in [-0.1, -0.05) is 0 Å². The molecule has 0 aromatic carbocycles. The molecule has 2 rings (SSSR count). The Morgan fingerprint density at radius 3 is 2.79 bits per heavy atom. The first kappa shape index (κ1) is 14.4. The van der Waals surface area contributed by atoms with Crippen LogP contribution in [0, 0.1) is 0 Å². The molecule has 2 heterocycles. The Balaban J connectivity index is 2.21. The molecule has 4 atom stereocenters. The second-order valence-electron chi connectivity index (χ2n) is 3.91. The van der Waals surface area contributed by atoms with Gasteiger partial charge in [-0.3, -0.25) is 14.3 Å². The summed E-state index contributed by atoms with van der Waals surface area (Å²) >= 11 is 2.55. The molecule has 3 N–H and O–H groups in total. The van der Waals surface area contributed by atoms with Crippen molar-refractivity contribution in [2.45, 2.75) is 24.5 Å². The average Bonchev–Trinajstić information content (AvgIpc) is 2.64. The van der Waals surface area contributed by atoms with E-state index in [1.807, 2.05) is 4.98 Å². The number of H-pyrrole nitrogens is 1. The summed E-state index contributed by atoms with van der Waals surface area (Å²) in [4.78, 5) is 29.1. The smallest absolute Gasteiger partial charge is 0.330 e. The molecular weight excluding hydrogens is 328 g/mol. The van der Waals surface area contributed by atoms with Crippen LogP contribution in [0.3, 0.4) is 0 Å². The summed E-state index contributed by atoms with van der Waals surface area (Å²) in [5, 5.41) is 19.6. The first-order valence-electron chi connectivity index (χ1n) is 5.28. The van der Waals surface area contributed by atoms with Gasteiger partial charge in [-0.2, -0.15) is 3.98 Å². The summed E-state index contributed by atoms with van der Waals surface area (Å²) in [5.74, 6) is 0. The SMILES string of the molecule is O=c1ccn([C@@H]2O[C@H](COOBr)[C@@H](O)[C@H]2O)c(=O)[nH]1. The number of aromatic nitrogens is 2. The van der Waals surface area contributed by atoms with Crippen LogP contribution in [0.15, 0.2) is 21.9 Å². The van der Waals surface area contributed by atoms with E-state index in [0.29, 0.717) is 0 Å². The zero-order valence-corrected chi connectivity index (χ0v) is 11.0. The van der Waals surface area contributed by atoms with Crippen LogP contribution >= 0.6 is 16.3 Å². The number of ether oxygens (including phenoxy) is 1. The van der Waals surface area contributed by atoms with E-state index in [4.69, 9.17) is 4.74 Å². The number of hydrogen-bond donors (Lipinski definition) is 3. The Kier molecular flexibility index (Phi) is 4.50. The fraction of sp³-hybridized carbons (Fsp3) is 0.556. The Bertz CT molecular complexity index is 544. The van der Waals surface area contributed by atoms with Crippen molar-refractivity contribution in [2.75, 3.05) is 6.61 Å². The number of nitrogens with zero attached hydrogens (tertiary/aromatic N) is 1. The fourth-order valence-corrected chi connectivity index (χ4v) is 1.93. The normalized spacial score (nSPS) is 30.7. The number of aromatic amines is 1. The minimum Gasteiger partial charge on any atom is -0.387 e. The van der Waals surface area contributed by atoms with E-state index < -0.39 is 35.8 Å². The van der Waals surface area contributed by atoms with Crippen LogP contribution in [0.5, 0.6) is 0 Å². The highest BCUT2D eigenvalue weighted by Gasteiger charge is 2.44. The second kappa shape index (κ2) is 5.94. The lowest BCUT2D eigenvalue weighted by molar-refractivity contribution is -0.213. The van der Waals surface area contributed by atoms with Crippen molar-refractivity contribution in [2.24, 2.45) is 0 Å². The van der Waals surface area contributed by atoms with Gasteiger partial charge >= 0.3 is 5.69 Å². The van der Waals surface area contributed by atoms with Gasteiger partial charge in [0.1, 0.15) is 41.2 Å². The van der Waals surface area contributed by atoms with Gasteiger partial charge in [-0.25, -0.2) is 9.68 Å². The van der Waals surface area contributed by atoms with Crippen LogP contribution in [0.4, 0.5) is 0 Å². The number of aliphatic hydroxyl groups excluding tert-OH is 2. The van der Waals surface area contributed by atoms with Crippen molar-refractivity contribution in [1.82, 2.24) is 9.55 Å². The zero-order valence-electron chi connectivity index (χ0n) is 9.43. The topological polar surface area (TPSA) is 123 Å². The number of nitrogens with one attached hydrogen (secondary N) is 1. The molecule has 106 valence electrons. The highest BCUT2D eigenvalue weighted by atomic mass is 79.9. The minimum atomic E-state index is -1.34. The van der Waals surface area contributed by atoms with Gasteiger partial charge < -0.3 is 14.9 Å². The predicted octanol–water partition coefficient (Wildman–Crippen LogP) is -1.59. The Morgan fingerprint density at radius 1 is 1.42 bits per heavy atom. The summed E-state index contributed by atoms with van der Waals surface area (Å²) in [5.41, 5.74) is -1.32. The molecule has 1 saturated heterocycles. The summed E-state index contributed by atoms with van der Waals surface area (Å²) < 4.78 is 10.5. The van der Waals surface area contributed by atoms with Crippen LogP contribution in [0.1, 0.15) is 6.23 Å². The first-order chi connectivity index (χ1) is 9.04. The number of halogens is 1. The summed E-state index contributed by atoms with van der Waals surface area (Å²) in [6, 6.07) is 1.11. The third kappa shape index (κ3) is 2.94. The molecule has 19 heavy (non-hydrogen) atoms. The van der Waals surface area contributed by atoms with E-state index in [-0.39, 0.29) is 6.61 Å². The molecule has 1 aliphatic heterocycles. The molecule has 10 heteroatoms. The van der Waals surface area contributed by atoms with Crippen molar-refractivity contribution in [3.8, 4) is 0 Å². The van der Waals surface area contributed by atoms with Crippen molar-refractivity contribution in [3.05, 3.63) is 33.1 Å². The van der Waals surface area contributed by atoms with E-state index in [9.17, 15) is 19.8 Å². The van der Waals surface area contributed by atoms with Crippen molar-refractivity contribution < 1.29 is 23.8 Å². The minimum absolute atomic E-state index is 0.155. The first-order valence-corrected chi connectivity index (χ1v) is 5.92. The standard InChI is InChI=1S/C9H11BrN2O7/c10-19-17-3-4-6(14)7(15)8(18-4)12-2-1-5(13)11-9(12)16/h1-2,4,6-8,14-15H,3H2,(H,11,13,16)/t4-,6-,7-,8-/m1/s1.